The van der Waals surface area contributed by atoms with E-state index in [0.717, 1.165) is 18.4 Å². The Morgan fingerprint density at radius 3 is 1.94 bits per heavy atom. The van der Waals surface area contributed by atoms with Crippen molar-refractivity contribution in [1.82, 2.24) is 10.6 Å². The SMILES string of the molecule is CCCCCCCCCCCCCCCCCCOC(=O)C1=C(C)NC(=S)NC1c1cccc(O)c1. The van der Waals surface area contributed by atoms with Crippen LogP contribution in [0.15, 0.2) is 35.5 Å². The van der Waals surface area contributed by atoms with E-state index >= 15 is 0 Å². The van der Waals surface area contributed by atoms with Crippen LogP contribution in [0.2, 0.25) is 0 Å². The Hall–Kier alpha value is -2.08. The number of hydrogen-bond donors (Lipinski definition) is 3. The van der Waals surface area contributed by atoms with Crippen LogP contribution in [0.1, 0.15) is 128 Å². The number of allylic oxidation sites excluding steroid dienone is 1. The Morgan fingerprint density at radius 1 is 0.889 bits per heavy atom. The van der Waals surface area contributed by atoms with E-state index in [1.165, 1.54) is 89.9 Å². The monoisotopic (exact) mass is 516 g/mol. The molecule has 1 unspecified atom stereocenters. The fourth-order valence-electron chi connectivity index (χ4n) is 4.81. The first-order valence-corrected chi connectivity index (χ1v) is 14.7. The highest BCUT2D eigenvalue weighted by Gasteiger charge is 2.31. The molecule has 1 aromatic carbocycles. The van der Waals surface area contributed by atoms with Gasteiger partial charge in [0.1, 0.15) is 5.75 Å². The zero-order chi connectivity index (χ0) is 26.0. The van der Waals surface area contributed by atoms with Crippen molar-refractivity contribution in [1.29, 1.82) is 0 Å². The second-order valence-electron chi connectivity index (χ2n) is 10.1. The van der Waals surface area contributed by atoms with E-state index in [1.807, 2.05) is 13.0 Å². The number of aromatic hydroxyl groups is 1. The fourth-order valence-corrected chi connectivity index (χ4v) is 5.08. The standard InChI is InChI=1S/C30H48N2O3S/c1-3-4-5-6-7-8-9-10-11-12-13-14-15-16-17-18-22-35-29(34)27-24(2)31-30(36)32-28(27)25-20-19-21-26(33)23-25/h19-21,23,28,33H,3-18,22H2,1-2H3,(H2,31,32,36). The lowest BCUT2D eigenvalue weighted by Crippen LogP contribution is -2.45. The topological polar surface area (TPSA) is 70.6 Å². The van der Waals surface area contributed by atoms with Gasteiger partial charge in [-0.1, -0.05) is 115 Å². The third-order valence-electron chi connectivity index (χ3n) is 6.92. The summed E-state index contributed by atoms with van der Waals surface area (Å²) in [7, 11) is 0. The molecule has 1 aliphatic heterocycles. The highest BCUT2D eigenvalue weighted by molar-refractivity contribution is 7.80. The predicted molar refractivity (Wildman–Crippen MR) is 153 cm³/mol. The van der Waals surface area contributed by atoms with Gasteiger partial charge >= 0.3 is 5.97 Å². The van der Waals surface area contributed by atoms with Crippen molar-refractivity contribution in [3.05, 3.63) is 41.1 Å². The van der Waals surface area contributed by atoms with Crippen LogP contribution < -0.4 is 10.6 Å². The number of benzene rings is 1. The third kappa shape index (κ3) is 11.8. The molecule has 36 heavy (non-hydrogen) atoms. The number of thiocarbonyl (C=S) groups is 1. The van der Waals surface area contributed by atoms with Crippen molar-refractivity contribution in [2.75, 3.05) is 6.61 Å². The van der Waals surface area contributed by atoms with Crippen molar-refractivity contribution >= 4 is 23.3 Å². The molecule has 2 rings (SSSR count). The van der Waals surface area contributed by atoms with Crippen LogP contribution in [0.3, 0.4) is 0 Å². The maximum Gasteiger partial charge on any atom is 0.338 e. The number of esters is 1. The van der Waals surface area contributed by atoms with Crippen LogP contribution in [0.4, 0.5) is 0 Å². The summed E-state index contributed by atoms with van der Waals surface area (Å²) in [5, 5.41) is 16.5. The third-order valence-corrected chi connectivity index (χ3v) is 7.14. The molecule has 0 saturated heterocycles. The summed E-state index contributed by atoms with van der Waals surface area (Å²) in [5.74, 6) is -0.193. The second kappa shape index (κ2) is 18.2. The van der Waals surface area contributed by atoms with Crippen LogP contribution in [0, 0.1) is 0 Å². The molecule has 0 bridgehead atoms. The Kier molecular flexibility index (Phi) is 15.2. The first-order chi connectivity index (χ1) is 17.5. The van der Waals surface area contributed by atoms with Crippen molar-refractivity contribution in [2.45, 2.75) is 123 Å². The summed E-state index contributed by atoms with van der Waals surface area (Å²) < 4.78 is 5.61. The van der Waals surface area contributed by atoms with E-state index in [1.54, 1.807) is 18.2 Å². The first-order valence-electron chi connectivity index (χ1n) is 14.3. The number of ether oxygens (including phenoxy) is 1. The summed E-state index contributed by atoms with van der Waals surface area (Å²) in [6.07, 6.45) is 21.1. The number of rotatable bonds is 19. The van der Waals surface area contributed by atoms with Gasteiger partial charge < -0.3 is 20.5 Å². The molecule has 0 spiro atoms. The van der Waals surface area contributed by atoms with Gasteiger partial charge in [0, 0.05) is 5.70 Å². The Bertz CT molecular complexity index is 824. The van der Waals surface area contributed by atoms with Gasteiger partial charge in [-0.2, -0.15) is 0 Å². The summed E-state index contributed by atoms with van der Waals surface area (Å²) in [5.41, 5.74) is 1.96. The lowest BCUT2D eigenvalue weighted by molar-refractivity contribution is -0.139. The fraction of sp³-hybridized carbons (Fsp3) is 0.667. The number of unbranched alkanes of at least 4 members (excludes halogenated alkanes) is 15. The highest BCUT2D eigenvalue weighted by Crippen LogP contribution is 2.29. The molecule has 5 nitrogen and oxygen atoms in total. The Labute approximate surface area is 224 Å². The predicted octanol–water partition coefficient (Wildman–Crippen LogP) is 7.99. The summed E-state index contributed by atoms with van der Waals surface area (Å²) >= 11 is 5.27. The van der Waals surface area contributed by atoms with E-state index in [2.05, 4.69) is 17.6 Å². The van der Waals surface area contributed by atoms with Crippen LogP contribution >= 0.6 is 12.2 Å². The van der Waals surface area contributed by atoms with Crippen LogP contribution in [0.25, 0.3) is 0 Å². The van der Waals surface area contributed by atoms with Gasteiger partial charge in [0.25, 0.3) is 0 Å². The second-order valence-corrected chi connectivity index (χ2v) is 10.5. The minimum Gasteiger partial charge on any atom is -0.508 e. The van der Waals surface area contributed by atoms with Gasteiger partial charge in [0.05, 0.1) is 18.2 Å². The zero-order valence-electron chi connectivity index (χ0n) is 22.6. The zero-order valence-corrected chi connectivity index (χ0v) is 23.4. The average molecular weight is 517 g/mol. The number of phenolic OH excluding ortho intramolecular Hbond substituents is 1. The molecule has 0 fully saturated rings. The summed E-state index contributed by atoms with van der Waals surface area (Å²) in [4.78, 5) is 12.9. The van der Waals surface area contributed by atoms with Crippen molar-refractivity contribution in [3.8, 4) is 5.75 Å². The van der Waals surface area contributed by atoms with Gasteiger partial charge in [0.2, 0.25) is 0 Å². The van der Waals surface area contributed by atoms with E-state index < -0.39 is 6.04 Å². The number of hydrogen-bond acceptors (Lipinski definition) is 4. The average Bonchev–Trinajstić information content (AvgIpc) is 2.85. The smallest absolute Gasteiger partial charge is 0.338 e. The number of carbonyl (C=O) groups excluding carboxylic acids is 1. The van der Waals surface area contributed by atoms with Crippen LogP contribution in [0.5, 0.6) is 5.75 Å². The quantitative estimate of drug-likeness (QED) is 0.0983. The molecule has 0 aromatic heterocycles. The summed E-state index contributed by atoms with van der Waals surface area (Å²) in [6.45, 7) is 4.52. The normalized spacial score (nSPS) is 15.5. The molecule has 0 saturated carbocycles. The summed E-state index contributed by atoms with van der Waals surface area (Å²) in [6, 6.07) is 6.42. The van der Waals surface area contributed by atoms with E-state index in [4.69, 9.17) is 17.0 Å². The van der Waals surface area contributed by atoms with Crippen molar-refractivity contribution < 1.29 is 14.6 Å². The number of phenols is 1. The van der Waals surface area contributed by atoms with Crippen LogP contribution in [-0.2, 0) is 9.53 Å². The molecule has 0 aliphatic carbocycles. The largest absolute Gasteiger partial charge is 0.508 e. The molecule has 1 aromatic rings. The van der Waals surface area contributed by atoms with Gasteiger partial charge in [-0.05, 0) is 43.3 Å². The Morgan fingerprint density at radius 2 is 1.42 bits per heavy atom. The lowest BCUT2D eigenvalue weighted by Gasteiger charge is -2.30. The van der Waals surface area contributed by atoms with Gasteiger partial charge in [-0.15, -0.1) is 0 Å². The molecule has 0 amide bonds. The molecular weight excluding hydrogens is 468 g/mol. The molecule has 3 N–H and O–H groups in total. The van der Waals surface area contributed by atoms with Crippen LogP contribution in [-0.4, -0.2) is 22.8 Å². The highest BCUT2D eigenvalue weighted by atomic mass is 32.1. The van der Waals surface area contributed by atoms with Gasteiger partial charge in [-0.25, -0.2) is 4.79 Å². The molecule has 1 heterocycles. The van der Waals surface area contributed by atoms with E-state index in [-0.39, 0.29) is 11.7 Å². The van der Waals surface area contributed by atoms with E-state index in [9.17, 15) is 9.90 Å². The molecule has 0 radical (unpaired) electrons. The minimum atomic E-state index is -0.441. The number of carbonyl (C=O) groups is 1. The lowest BCUT2D eigenvalue weighted by atomic mass is 9.95. The Balaban J connectivity index is 1.53. The minimum absolute atomic E-state index is 0.150. The molecular formula is C30H48N2O3S. The van der Waals surface area contributed by atoms with Crippen molar-refractivity contribution in [2.24, 2.45) is 0 Å². The maximum absolute atomic E-state index is 12.9. The van der Waals surface area contributed by atoms with Gasteiger partial charge in [0.15, 0.2) is 5.11 Å². The maximum atomic E-state index is 12.9. The molecule has 1 atom stereocenters. The van der Waals surface area contributed by atoms with E-state index in [0.29, 0.717) is 23.0 Å². The first kappa shape index (κ1) is 30.1. The number of nitrogens with one attached hydrogen (secondary N) is 2. The molecule has 202 valence electrons. The molecule has 1 aliphatic rings. The van der Waals surface area contributed by atoms with Crippen molar-refractivity contribution in [3.63, 3.8) is 0 Å². The van der Waals surface area contributed by atoms with Gasteiger partial charge in [-0.3, -0.25) is 0 Å². The molecule has 6 heteroatoms.